The third kappa shape index (κ3) is 2.24. The SMILES string of the molecule is O=C(N[C@H](CO)Cc1ccccc1)C1=CC=C2C1=CC1=CC12. The topological polar surface area (TPSA) is 49.3 Å². The zero-order valence-corrected chi connectivity index (χ0v) is 12.1. The van der Waals surface area contributed by atoms with E-state index >= 15 is 0 Å². The Morgan fingerprint density at radius 3 is 2.82 bits per heavy atom. The summed E-state index contributed by atoms with van der Waals surface area (Å²) in [5.41, 5.74) is 5.44. The zero-order chi connectivity index (χ0) is 15.1. The molecule has 1 unspecified atom stereocenters. The van der Waals surface area contributed by atoms with Crippen molar-refractivity contribution in [2.45, 2.75) is 12.5 Å². The second-order valence-corrected chi connectivity index (χ2v) is 5.95. The first-order chi connectivity index (χ1) is 10.8. The molecule has 2 atom stereocenters. The molecule has 2 N–H and O–H groups in total. The molecule has 0 aliphatic heterocycles. The number of amides is 1. The quantitative estimate of drug-likeness (QED) is 0.872. The Kier molecular flexibility index (Phi) is 3.09. The number of aliphatic hydroxyl groups excluding tert-OH is 1. The predicted octanol–water partition coefficient (Wildman–Crippen LogP) is 2.07. The minimum atomic E-state index is -0.268. The molecule has 3 heteroatoms. The highest BCUT2D eigenvalue weighted by molar-refractivity contribution is 6.02. The first kappa shape index (κ1) is 13.3. The van der Waals surface area contributed by atoms with Crippen molar-refractivity contribution in [2.75, 3.05) is 6.61 Å². The lowest BCUT2D eigenvalue weighted by Crippen LogP contribution is -2.39. The van der Waals surface area contributed by atoms with Crippen molar-refractivity contribution in [3.05, 3.63) is 82.5 Å². The van der Waals surface area contributed by atoms with Gasteiger partial charge in [-0.15, -0.1) is 0 Å². The van der Waals surface area contributed by atoms with Crippen LogP contribution in [-0.2, 0) is 11.2 Å². The maximum absolute atomic E-state index is 12.5. The Morgan fingerprint density at radius 1 is 1.23 bits per heavy atom. The molecule has 0 spiro atoms. The van der Waals surface area contributed by atoms with Crippen LogP contribution < -0.4 is 5.32 Å². The van der Waals surface area contributed by atoms with Crippen molar-refractivity contribution < 1.29 is 9.90 Å². The largest absolute Gasteiger partial charge is 0.394 e. The van der Waals surface area contributed by atoms with E-state index in [1.165, 1.54) is 11.1 Å². The Bertz CT molecular complexity index is 753. The summed E-state index contributed by atoms with van der Waals surface area (Å²) in [5.74, 6) is 0.351. The highest BCUT2D eigenvalue weighted by Crippen LogP contribution is 2.51. The van der Waals surface area contributed by atoms with Gasteiger partial charge in [-0.2, -0.15) is 0 Å². The second-order valence-electron chi connectivity index (χ2n) is 5.95. The molecule has 110 valence electrons. The molecule has 1 amide bonds. The maximum atomic E-state index is 12.5. The Labute approximate surface area is 129 Å². The molecular formula is C19H17NO2. The summed E-state index contributed by atoms with van der Waals surface area (Å²) in [4.78, 5) is 12.5. The average Bonchev–Trinajstić information content (AvgIpc) is 3.02. The van der Waals surface area contributed by atoms with Gasteiger partial charge >= 0.3 is 0 Å². The number of benzene rings is 1. The second kappa shape index (κ2) is 5.11. The van der Waals surface area contributed by atoms with Crippen LogP contribution in [0.5, 0.6) is 0 Å². The van der Waals surface area contributed by atoms with Crippen LogP contribution in [0.2, 0.25) is 0 Å². The van der Waals surface area contributed by atoms with E-state index in [4.69, 9.17) is 0 Å². The number of nitrogens with one attached hydrogen (secondary N) is 1. The summed E-state index contributed by atoms with van der Waals surface area (Å²) in [7, 11) is 0. The van der Waals surface area contributed by atoms with E-state index in [9.17, 15) is 9.90 Å². The molecule has 3 aliphatic carbocycles. The summed E-state index contributed by atoms with van der Waals surface area (Å²) >= 11 is 0. The minimum Gasteiger partial charge on any atom is -0.394 e. The monoisotopic (exact) mass is 291 g/mol. The lowest BCUT2D eigenvalue weighted by atomic mass is 10.0. The maximum Gasteiger partial charge on any atom is 0.252 e. The Hall–Kier alpha value is -2.39. The van der Waals surface area contributed by atoms with Crippen molar-refractivity contribution in [1.29, 1.82) is 0 Å². The summed E-state index contributed by atoms with van der Waals surface area (Å²) in [6.45, 7) is -0.0684. The Morgan fingerprint density at radius 2 is 2.05 bits per heavy atom. The number of carbonyl (C=O) groups is 1. The number of hydrogen-bond donors (Lipinski definition) is 2. The molecule has 1 aromatic rings. The highest BCUT2D eigenvalue weighted by Gasteiger charge is 2.39. The van der Waals surface area contributed by atoms with Crippen LogP contribution in [-0.4, -0.2) is 23.7 Å². The fourth-order valence-corrected chi connectivity index (χ4v) is 3.18. The molecule has 0 saturated carbocycles. The number of carbonyl (C=O) groups excluding carboxylic acids is 1. The van der Waals surface area contributed by atoms with Gasteiger partial charge in [0, 0.05) is 11.5 Å². The molecule has 3 aliphatic rings. The van der Waals surface area contributed by atoms with Gasteiger partial charge in [-0.05, 0) is 40.9 Å². The van der Waals surface area contributed by atoms with Gasteiger partial charge in [-0.3, -0.25) is 4.79 Å². The van der Waals surface area contributed by atoms with Crippen molar-refractivity contribution in [3.63, 3.8) is 0 Å². The molecule has 0 radical (unpaired) electrons. The van der Waals surface area contributed by atoms with E-state index in [2.05, 4.69) is 17.5 Å². The van der Waals surface area contributed by atoms with Gasteiger partial charge in [0.2, 0.25) is 0 Å². The minimum absolute atomic E-state index is 0.0684. The van der Waals surface area contributed by atoms with Gasteiger partial charge < -0.3 is 10.4 Å². The molecular weight excluding hydrogens is 274 g/mol. The molecule has 1 aromatic carbocycles. The molecule has 22 heavy (non-hydrogen) atoms. The number of aliphatic hydroxyl groups is 1. The fourth-order valence-electron chi connectivity index (χ4n) is 3.18. The lowest BCUT2D eigenvalue weighted by molar-refractivity contribution is -0.118. The van der Waals surface area contributed by atoms with Gasteiger partial charge in [-0.25, -0.2) is 0 Å². The molecule has 4 rings (SSSR count). The van der Waals surface area contributed by atoms with E-state index in [1.54, 1.807) is 0 Å². The predicted molar refractivity (Wildman–Crippen MR) is 85.0 cm³/mol. The third-order valence-corrected chi connectivity index (χ3v) is 4.41. The molecule has 0 saturated heterocycles. The third-order valence-electron chi connectivity index (χ3n) is 4.41. The van der Waals surface area contributed by atoms with Crippen LogP contribution in [0.1, 0.15) is 5.56 Å². The normalized spacial score (nSPS) is 22.0. The first-order valence-corrected chi connectivity index (χ1v) is 7.58. The van der Waals surface area contributed by atoms with Crippen LogP contribution in [0.4, 0.5) is 0 Å². The van der Waals surface area contributed by atoms with Crippen molar-refractivity contribution in [2.24, 2.45) is 5.92 Å². The van der Waals surface area contributed by atoms with Gasteiger partial charge in [0.25, 0.3) is 5.91 Å². The summed E-state index contributed by atoms with van der Waals surface area (Å²) in [6.07, 6.45) is 8.85. The summed E-state index contributed by atoms with van der Waals surface area (Å²) < 4.78 is 0. The van der Waals surface area contributed by atoms with Crippen LogP contribution >= 0.6 is 0 Å². The van der Waals surface area contributed by atoms with Gasteiger partial charge in [0.05, 0.1) is 12.6 Å². The number of fused-ring (bicyclic) bond motifs is 3. The van der Waals surface area contributed by atoms with E-state index in [0.29, 0.717) is 12.3 Å². The molecule has 0 heterocycles. The van der Waals surface area contributed by atoms with Gasteiger partial charge in [0.1, 0.15) is 0 Å². The van der Waals surface area contributed by atoms with Crippen LogP contribution in [0.15, 0.2) is 76.9 Å². The molecule has 0 fully saturated rings. The van der Waals surface area contributed by atoms with Crippen molar-refractivity contribution >= 4 is 5.91 Å². The van der Waals surface area contributed by atoms with Crippen LogP contribution in [0.25, 0.3) is 0 Å². The van der Waals surface area contributed by atoms with Gasteiger partial charge in [-0.1, -0.05) is 42.5 Å². The van der Waals surface area contributed by atoms with Gasteiger partial charge in [0.15, 0.2) is 0 Å². The first-order valence-electron chi connectivity index (χ1n) is 7.58. The molecule has 3 nitrogen and oxygen atoms in total. The highest BCUT2D eigenvalue weighted by atomic mass is 16.3. The van der Waals surface area contributed by atoms with Crippen LogP contribution in [0, 0.1) is 5.92 Å². The van der Waals surface area contributed by atoms with E-state index in [0.717, 1.165) is 16.7 Å². The number of allylic oxidation sites excluding steroid dienone is 6. The lowest BCUT2D eigenvalue weighted by Gasteiger charge is -2.17. The van der Waals surface area contributed by atoms with E-state index in [1.807, 2.05) is 42.5 Å². The molecule has 0 aromatic heterocycles. The fraction of sp³-hybridized carbons (Fsp3) is 0.211. The summed E-state index contributed by atoms with van der Waals surface area (Å²) in [5, 5.41) is 12.5. The van der Waals surface area contributed by atoms with Crippen LogP contribution in [0.3, 0.4) is 0 Å². The Balaban J connectivity index is 1.43. The zero-order valence-electron chi connectivity index (χ0n) is 12.1. The standard InChI is InChI=1S/C19H17NO2/c21-11-14(8-12-4-2-1-3-5-12)20-19(22)16-7-6-15-17-9-13(17)10-18(15)16/h1-7,9-10,14,17,21H,8,11H2,(H,20,22)/t14-,17?/m0/s1. The smallest absolute Gasteiger partial charge is 0.252 e. The number of rotatable bonds is 5. The van der Waals surface area contributed by atoms with E-state index in [-0.39, 0.29) is 18.6 Å². The van der Waals surface area contributed by atoms with Crippen molar-refractivity contribution in [3.8, 4) is 0 Å². The summed E-state index contributed by atoms with van der Waals surface area (Å²) in [6, 6.07) is 9.62. The molecule has 0 bridgehead atoms. The average molecular weight is 291 g/mol. The van der Waals surface area contributed by atoms with Crippen molar-refractivity contribution in [1.82, 2.24) is 5.32 Å². The number of hydrogen-bond acceptors (Lipinski definition) is 2. The van der Waals surface area contributed by atoms with E-state index < -0.39 is 0 Å².